The molecule has 0 N–H and O–H groups in total. The van der Waals surface area contributed by atoms with E-state index >= 15 is 0 Å². The van der Waals surface area contributed by atoms with Crippen molar-refractivity contribution in [2.45, 2.75) is 26.4 Å². The average molecular weight is 308 g/mol. The lowest BCUT2D eigenvalue weighted by Crippen LogP contribution is -2.24. The van der Waals surface area contributed by atoms with Gasteiger partial charge < -0.3 is 4.74 Å². The van der Waals surface area contributed by atoms with E-state index in [-0.39, 0.29) is 5.97 Å². The Kier molecular flexibility index (Phi) is 3.18. The maximum absolute atomic E-state index is 11.5. The summed E-state index contributed by atoms with van der Waals surface area (Å²) >= 11 is 2.11. The first-order chi connectivity index (χ1) is 6.29. The zero-order chi connectivity index (χ0) is 10.9. The second kappa shape index (κ2) is 3.88. The number of carbonyl (C=O) groups is 1. The molecule has 0 amide bonds. The SMILES string of the molecule is Cn1nc(C(=O)OC(C)(C)C)cc1I. The number of aromatic nitrogens is 2. The van der Waals surface area contributed by atoms with Gasteiger partial charge >= 0.3 is 5.97 Å². The van der Waals surface area contributed by atoms with Crippen LogP contribution in [0.5, 0.6) is 0 Å². The molecule has 1 aromatic heterocycles. The summed E-state index contributed by atoms with van der Waals surface area (Å²) in [5.41, 5.74) is -0.119. The van der Waals surface area contributed by atoms with Gasteiger partial charge in [-0.15, -0.1) is 0 Å². The van der Waals surface area contributed by atoms with Crippen LogP contribution in [0.1, 0.15) is 31.3 Å². The topological polar surface area (TPSA) is 44.1 Å². The van der Waals surface area contributed by atoms with Crippen molar-refractivity contribution < 1.29 is 9.53 Å². The second-order valence-corrected chi connectivity index (χ2v) is 5.08. The standard InChI is InChI=1S/C9H13IN2O2/c1-9(2,3)14-8(13)6-5-7(10)12(4)11-6/h5H,1-4H3. The Bertz CT molecular complexity index is 333. The first kappa shape index (κ1) is 11.5. The highest BCUT2D eigenvalue weighted by Crippen LogP contribution is 2.12. The zero-order valence-electron chi connectivity index (χ0n) is 8.67. The Hall–Kier alpha value is -0.590. The number of hydrogen-bond acceptors (Lipinski definition) is 3. The summed E-state index contributed by atoms with van der Waals surface area (Å²) in [4.78, 5) is 11.5. The van der Waals surface area contributed by atoms with Gasteiger partial charge in [0.05, 0.1) is 3.70 Å². The third-order valence-electron chi connectivity index (χ3n) is 1.43. The smallest absolute Gasteiger partial charge is 0.359 e. The number of esters is 1. The number of halogens is 1. The number of nitrogens with zero attached hydrogens (tertiary/aromatic N) is 2. The Morgan fingerprint density at radius 3 is 2.50 bits per heavy atom. The van der Waals surface area contributed by atoms with E-state index in [9.17, 15) is 4.79 Å². The van der Waals surface area contributed by atoms with Crippen molar-refractivity contribution in [2.24, 2.45) is 7.05 Å². The van der Waals surface area contributed by atoms with E-state index in [4.69, 9.17) is 4.74 Å². The van der Waals surface area contributed by atoms with Gasteiger partial charge in [-0.1, -0.05) is 0 Å². The molecule has 0 aliphatic carbocycles. The zero-order valence-corrected chi connectivity index (χ0v) is 10.8. The predicted octanol–water partition coefficient (Wildman–Crippen LogP) is 1.98. The number of rotatable bonds is 1. The van der Waals surface area contributed by atoms with Gasteiger partial charge in [0.15, 0.2) is 5.69 Å². The fourth-order valence-corrected chi connectivity index (χ4v) is 1.28. The Morgan fingerprint density at radius 1 is 1.57 bits per heavy atom. The van der Waals surface area contributed by atoms with E-state index in [1.165, 1.54) is 0 Å². The molecule has 0 bridgehead atoms. The van der Waals surface area contributed by atoms with Crippen LogP contribution in [0.2, 0.25) is 0 Å². The highest BCUT2D eigenvalue weighted by atomic mass is 127. The second-order valence-electron chi connectivity index (χ2n) is 3.98. The van der Waals surface area contributed by atoms with Gasteiger partial charge in [0.25, 0.3) is 0 Å². The molecule has 5 heteroatoms. The number of aryl methyl sites for hydroxylation is 1. The molecule has 0 saturated heterocycles. The van der Waals surface area contributed by atoms with Crippen LogP contribution in [0.4, 0.5) is 0 Å². The molecular formula is C9H13IN2O2. The maximum atomic E-state index is 11.5. The molecular weight excluding hydrogens is 295 g/mol. The van der Waals surface area contributed by atoms with Gasteiger partial charge in [0.2, 0.25) is 0 Å². The van der Waals surface area contributed by atoms with Crippen molar-refractivity contribution in [1.29, 1.82) is 0 Å². The molecule has 0 spiro atoms. The first-order valence-electron chi connectivity index (χ1n) is 4.22. The van der Waals surface area contributed by atoms with Crippen LogP contribution in [0.25, 0.3) is 0 Å². The van der Waals surface area contributed by atoms with Crippen LogP contribution in [0.15, 0.2) is 6.07 Å². The highest BCUT2D eigenvalue weighted by molar-refractivity contribution is 14.1. The minimum Gasteiger partial charge on any atom is -0.455 e. The summed E-state index contributed by atoms with van der Waals surface area (Å²) in [7, 11) is 1.79. The van der Waals surface area contributed by atoms with E-state index in [2.05, 4.69) is 27.7 Å². The van der Waals surface area contributed by atoms with Crippen LogP contribution in [-0.2, 0) is 11.8 Å². The number of ether oxygens (including phenoxy) is 1. The Morgan fingerprint density at radius 2 is 2.14 bits per heavy atom. The van der Waals surface area contributed by atoms with E-state index in [0.29, 0.717) is 5.69 Å². The lowest BCUT2D eigenvalue weighted by Gasteiger charge is -2.18. The summed E-state index contributed by atoms with van der Waals surface area (Å²) in [6.07, 6.45) is 0. The average Bonchev–Trinajstić information content (AvgIpc) is 2.28. The quantitative estimate of drug-likeness (QED) is 0.588. The molecule has 0 aromatic carbocycles. The molecule has 1 aromatic rings. The van der Waals surface area contributed by atoms with E-state index in [0.717, 1.165) is 3.70 Å². The fraction of sp³-hybridized carbons (Fsp3) is 0.556. The van der Waals surface area contributed by atoms with Crippen molar-refractivity contribution in [2.75, 3.05) is 0 Å². The summed E-state index contributed by atoms with van der Waals surface area (Å²) in [6, 6.07) is 1.70. The molecule has 0 fully saturated rings. The molecule has 4 nitrogen and oxygen atoms in total. The summed E-state index contributed by atoms with van der Waals surface area (Å²) < 4.78 is 7.72. The van der Waals surface area contributed by atoms with Gasteiger partial charge in [-0.05, 0) is 43.4 Å². The molecule has 78 valence electrons. The molecule has 1 rings (SSSR count). The fourth-order valence-electron chi connectivity index (χ4n) is 0.875. The van der Waals surface area contributed by atoms with Gasteiger partial charge in [-0.25, -0.2) is 4.79 Å². The molecule has 0 aliphatic rings. The van der Waals surface area contributed by atoms with Crippen molar-refractivity contribution in [1.82, 2.24) is 9.78 Å². The molecule has 0 saturated carbocycles. The van der Waals surface area contributed by atoms with E-state index in [1.54, 1.807) is 17.8 Å². The molecule has 0 unspecified atom stereocenters. The minimum atomic E-state index is -0.472. The van der Waals surface area contributed by atoms with Crippen LogP contribution in [0.3, 0.4) is 0 Å². The Balaban J connectivity index is 2.80. The molecule has 0 aliphatic heterocycles. The van der Waals surface area contributed by atoms with Crippen LogP contribution < -0.4 is 0 Å². The largest absolute Gasteiger partial charge is 0.455 e. The monoisotopic (exact) mass is 308 g/mol. The summed E-state index contributed by atoms with van der Waals surface area (Å²) in [5.74, 6) is -0.379. The summed E-state index contributed by atoms with van der Waals surface area (Å²) in [5, 5.41) is 4.03. The van der Waals surface area contributed by atoms with Crippen molar-refractivity contribution >= 4 is 28.6 Å². The maximum Gasteiger partial charge on any atom is 0.359 e. The Labute approximate surface area is 96.8 Å². The van der Waals surface area contributed by atoms with E-state index < -0.39 is 5.60 Å². The number of hydrogen-bond donors (Lipinski definition) is 0. The van der Waals surface area contributed by atoms with Crippen molar-refractivity contribution in [3.8, 4) is 0 Å². The molecule has 0 radical (unpaired) electrons. The molecule has 1 heterocycles. The normalized spacial score (nSPS) is 11.5. The predicted molar refractivity (Wildman–Crippen MR) is 61.1 cm³/mol. The van der Waals surface area contributed by atoms with Gasteiger partial charge in [-0.2, -0.15) is 5.10 Å². The van der Waals surface area contributed by atoms with Crippen LogP contribution >= 0.6 is 22.6 Å². The van der Waals surface area contributed by atoms with Crippen molar-refractivity contribution in [3.05, 3.63) is 15.5 Å². The number of carbonyl (C=O) groups excluding carboxylic acids is 1. The van der Waals surface area contributed by atoms with E-state index in [1.807, 2.05) is 20.8 Å². The first-order valence-corrected chi connectivity index (χ1v) is 5.30. The lowest BCUT2D eigenvalue weighted by molar-refractivity contribution is 0.00621. The van der Waals surface area contributed by atoms with Gasteiger partial charge in [0, 0.05) is 13.1 Å². The molecule has 14 heavy (non-hydrogen) atoms. The minimum absolute atomic E-state index is 0.354. The highest BCUT2D eigenvalue weighted by Gasteiger charge is 2.20. The van der Waals surface area contributed by atoms with Crippen LogP contribution in [-0.4, -0.2) is 21.4 Å². The van der Waals surface area contributed by atoms with Gasteiger partial charge in [-0.3, -0.25) is 4.68 Å². The summed E-state index contributed by atoms with van der Waals surface area (Å²) in [6.45, 7) is 5.50. The third-order valence-corrected chi connectivity index (χ3v) is 2.44. The van der Waals surface area contributed by atoms with Crippen LogP contribution in [0, 0.1) is 3.70 Å². The van der Waals surface area contributed by atoms with Gasteiger partial charge in [0.1, 0.15) is 5.60 Å². The van der Waals surface area contributed by atoms with Crippen molar-refractivity contribution in [3.63, 3.8) is 0 Å². The molecule has 0 atom stereocenters. The third kappa shape index (κ3) is 2.97. The lowest BCUT2D eigenvalue weighted by atomic mass is 10.2.